The molecule has 0 aliphatic heterocycles. The maximum Gasteiger partial charge on any atom is 0.240 e. The van der Waals surface area contributed by atoms with E-state index in [0.717, 1.165) is 31.4 Å². The highest BCUT2D eigenvalue weighted by Gasteiger charge is 2.28. The lowest BCUT2D eigenvalue weighted by atomic mass is 9.81. The van der Waals surface area contributed by atoms with Gasteiger partial charge in [-0.05, 0) is 49.3 Å². The van der Waals surface area contributed by atoms with E-state index in [9.17, 15) is 12.8 Å². The van der Waals surface area contributed by atoms with E-state index in [1.54, 1.807) is 0 Å². The Morgan fingerprint density at radius 3 is 2.35 bits per heavy atom. The molecular weight excluding hydrogens is 279 g/mol. The van der Waals surface area contributed by atoms with Crippen LogP contribution in [0.2, 0.25) is 0 Å². The van der Waals surface area contributed by atoms with Crippen molar-refractivity contribution in [1.29, 1.82) is 0 Å². The number of hydrogen-bond acceptors (Lipinski definition) is 3. The maximum atomic E-state index is 13.1. The molecule has 0 bridgehead atoms. The Morgan fingerprint density at radius 2 is 1.80 bits per heavy atom. The van der Waals surface area contributed by atoms with E-state index in [1.165, 1.54) is 6.07 Å². The fourth-order valence-corrected chi connectivity index (χ4v) is 4.32. The van der Waals surface area contributed by atoms with Gasteiger partial charge in [0, 0.05) is 6.04 Å². The van der Waals surface area contributed by atoms with Crippen LogP contribution in [0.15, 0.2) is 23.1 Å². The molecule has 6 heteroatoms. The van der Waals surface area contributed by atoms with Crippen molar-refractivity contribution in [2.75, 3.05) is 5.73 Å². The van der Waals surface area contributed by atoms with Crippen LogP contribution in [0.25, 0.3) is 0 Å². The minimum Gasteiger partial charge on any atom is -0.396 e. The lowest BCUT2D eigenvalue weighted by molar-refractivity contribution is 0.257. The van der Waals surface area contributed by atoms with Crippen molar-refractivity contribution in [3.05, 3.63) is 24.0 Å². The minimum absolute atomic E-state index is 0.0160. The first kappa shape index (κ1) is 15.3. The van der Waals surface area contributed by atoms with Crippen molar-refractivity contribution in [3.8, 4) is 0 Å². The van der Waals surface area contributed by atoms with Crippen molar-refractivity contribution in [2.24, 2.45) is 11.8 Å². The Balaban J connectivity index is 2.16. The topological polar surface area (TPSA) is 72.2 Å². The molecule has 3 N–H and O–H groups in total. The number of rotatable bonds is 3. The third kappa shape index (κ3) is 3.49. The maximum absolute atomic E-state index is 13.1. The van der Waals surface area contributed by atoms with E-state index >= 15 is 0 Å². The average Bonchev–Trinajstić information content (AvgIpc) is 2.30. The van der Waals surface area contributed by atoms with Gasteiger partial charge >= 0.3 is 0 Å². The molecule has 2 atom stereocenters. The molecule has 1 fully saturated rings. The molecule has 1 aliphatic carbocycles. The SMILES string of the molecule is CC1CC(C)CC(NS(=O)(=O)c2ccc(F)c(N)c2)C1. The van der Waals surface area contributed by atoms with Gasteiger partial charge in [-0.1, -0.05) is 13.8 Å². The summed E-state index contributed by atoms with van der Waals surface area (Å²) in [6.07, 6.45) is 2.79. The van der Waals surface area contributed by atoms with Crippen LogP contribution in [-0.2, 0) is 10.0 Å². The lowest BCUT2D eigenvalue weighted by Crippen LogP contribution is -2.40. The van der Waals surface area contributed by atoms with Gasteiger partial charge in [0.1, 0.15) is 5.82 Å². The standard InChI is InChI=1S/C14H21FN2O2S/c1-9-5-10(2)7-11(6-9)17-20(18,19)12-3-4-13(15)14(16)8-12/h3-4,8-11,17H,5-7,16H2,1-2H3. The molecule has 1 aliphatic rings. The Hall–Kier alpha value is -1.14. The third-order valence-electron chi connectivity index (χ3n) is 3.78. The summed E-state index contributed by atoms with van der Waals surface area (Å²) in [4.78, 5) is 0.0160. The summed E-state index contributed by atoms with van der Waals surface area (Å²) >= 11 is 0. The summed E-state index contributed by atoms with van der Waals surface area (Å²) in [5.41, 5.74) is 5.27. The predicted octanol–water partition coefficient (Wildman–Crippen LogP) is 2.51. The summed E-state index contributed by atoms with van der Waals surface area (Å²) in [6.45, 7) is 4.26. The molecular formula is C14H21FN2O2S. The second kappa shape index (κ2) is 5.69. The number of nitrogens with two attached hydrogens (primary N) is 1. The van der Waals surface area contributed by atoms with E-state index in [4.69, 9.17) is 5.73 Å². The van der Waals surface area contributed by atoms with E-state index < -0.39 is 15.8 Å². The van der Waals surface area contributed by atoms with Crippen LogP contribution in [0, 0.1) is 17.7 Å². The number of halogens is 1. The van der Waals surface area contributed by atoms with Gasteiger partial charge in [0.2, 0.25) is 10.0 Å². The zero-order chi connectivity index (χ0) is 14.9. The van der Waals surface area contributed by atoms with E-state index in [2.05, 4.69) is 18.6 Å². The van der Waals surface area contributed by atoms with Gasteiger partial charge in [0.15, 0.2) is 0 Å². The van der Waals surface area contributed by atoms with Crippen LogP contribution in [0.3, 0.4) is 0 Å². The molecule has 20 heavy (non-hydrogen) atoms. The highest BCUT2D eigenvalue weighted by Crippen LogP contribution is 2.29. The second-order valence-corrected chi connectivity index (χ2v) is 7.63. The number of nitrogens with one attached hydrogen (secondary N) is 1. The van der Waals surface area contributed by atoms with Gasteiger partial charge in [-0.2, -0.15) is 0 Å². The van der Waals surface area contributed by atoms with Gasteiger partial charge in [-0.15, -0.1) is 0 Å². The molecule has 2 unspecified atom stereocenters. The summed E-state index contributed by atoms with van der Waals surface area (Å²) in [5, 5.41) is 0. The van der Waals surface area contributed by atoms with Gasteiger partial charge in [-0.3, -0.25) is 0 Å². The smallest absolute Gasteiger partial charge is 0.240 e. The van der Waals surface area contributed by atoms with Crippen LogP contribution in [0.5, 0.6) is 0 Å². The Labute approximate surface area is 119 Å². The highest BCUT2D eigenvalue weighted by molar-refractivity contribution is 7.89. The molecule has 1 aromatic rings. The summed E-state index contributed by atoms with van der Waals surface area (Å²) in [6, 6.07) is 3.41. The van der Waals surface area contributed by atoms with Crippen molar-refractivity contribution < 1.29 is 12.8 Å². The number of sulfonamides is 1. The largest absolute Gasteiger partial charge is 0.396 e. The van der Waals surface area contributed by atoms with E-state index in [1.807, 2.05) is 0 Å². The summed E-state index contributed by atoms with van der Waals surface area (Å²) < 4.78 is 40.4. The number of anilines is 1. The zero-order valence-electron chi connectivity index (χ0n) is 11.8. The summed E-state index contributed by atoms with van der Waals surface area (Å²) in [5.74, 6) is 0.401. The van der Waals surface area contributed by atoms with Crippen LogP contribution >= 0.6 is 0 Å². The predicted molar refractivity (Wildman–Crippen MR) is 77.1 cm³/mol. The molecule has 0 amide bonds. The van der Waals surface area contributed by atoms with E-state index in [-0.39, 0.29) is 16.6 Å². The fraction of sp³-hybridized carbons (Fsp3) is 0.571. The van der Waals surface area contributed by atoms with Gasteiger partial charge < -0.3 is 5.73 Å². The highest BCUT2D eigenvalue weighted by atomic mass is 32.2. The molecule has 112 valence electrons. The molecule has 1 saturated carbocycles. The minimum atomic E-state index is -3.64. The van der Waals surface area contributed by atoms with Gasteiger partial charge in [0.25, 0.3) is 0 Å². The van der Waals surface area contributed by atoms with Gasteiger partial charge in [0.05, 0.1) is 10.6 Å². The normalized spacial score (nSPS) is 27.4. The molecule has 0 radical (unpaired) electrons. The van der Waals surface area contributed by atoms with E-state index in [0.29, 0.717) is 11.8 Å². The average molecular weight is 300 g/mol. The molecule has 0 heterocycles. The molecule has 0 spiro atoms. The van der Waals surface area contributed by atoms with Crippen molar-refractivity contribution >= 4 is 15.7 Å². The lowest BCUT2D eigenvalue weighted by Gasteiger charge is -2.31. The van der Waals surface area contributed by atoms with Crippen molar-refractivity contribution in [2.45, 2.75) is 44.0 Å². The Kier molecular flexibility index (Phi) is 4.34. The zero-order valence-corrected chi connectivity index (χ0v) is 12.6. The van der Waals surface area contributed by atoms with Crippen LogP contribution in [0.1, 0.15) is 33.1 Å². The third-order valence-corrected chi connectivity index (χ3v) is 5.30. The van der Waals surface area contributed by atoms with Crippen molar-refractivity contribution in [3.63, 3.8) is 0 Å². The van der Waals surface area contributed by atoms with Crippen LogP contribution in [-0.4, -0.2) is 14.5 Å². The Bertz CT molecular complexity index is 579. The monoisotopic (exact) mass is 300 g/mol. The number of nitrogen functional groups attached to an aromatic ring is 1. The van der Waals surface area contributed by atoms with Crippen molar-refractivity contribution in [1.82, 2.24) is 4.72 Å². The van der Waals surface area contributed by atoms with Crippen LogP contribution in [0.4, 0.5) is 10.1 Å². The molecule has 4 nitrogen and oxygen atoms in total. The van der Waals surface area contributed by atoms with Crippen LogP contribution < -0.4 is 10.5 Å². The number of benzene rings is 1. The molecule has 0 aromatic heterocycles. The molecule has 1 aromatic carbocycles. The first-order chi connectivity index (χ1) is 9.28. The first-order valence-corrected chi connectivity index (χ1v) is 8.33. The summed E-state index contributed by atoms with van der Waals surface area (Å²) in [7, 11) is -3.64. The second-order valence-electron chi connectivity index (χ2n) is 5.92. The number of hydrogen-bond donors (Lipinski definition) is 2. The molecule has 0 saturated heterocycles. The molecule has 2 rings (SSSR count). The fourth-order valence-electron chi connectivity index (χ4n) is 3.02. The van der Waals surface area contributed by atoms with Gasteiger partial charge in [-0.25, -0.2) is 17.5 Å². The first-order valence-electron chi connectivity index (χ1n) is 6.85. The Morgan fingerprint density at radius 1 is 1.20 bits per heavy atom. The quantitative estimate of drug-likeness (QED) is 0.843.